The fourth-order valence-electron chi connectivity index (χ4n) is 3.51. The van der Waals surface area contributed by atoms with E-state index in [1.165, 1.54) is 33.4 Å². The number of fused-ring (bicyclic) bond motifs is 1. The van der Waals surface area contributed by atoms with Crippen molar-refractivity contribution >= 4 is 34.4 Å². The quantitative estimate of drug-likeness (QED) is 0.585. The maximum atomic E-state index is 13.9. The maximum absolute atomic E-state index is 13.9. The number of para-hydroxylation sites is 1. The summed E-state index contributed by atoms with van der Waals surface area (Å²) in [6.07, 6.45) is 0.947. The summed E-state index contributed by atoms with van der Waals surface area (Å²) in [4.78, 5) is 1.35. The fourth-order valence-corrected chi connectivity index (χ4v) is 4.53. The molecule has 1 aliphatic rings. The van der Waals surface area contributed by atoms with Gasteiger partial charge in [-0.1, -0.05) is 23.5 Å². The highest BCUT2D eigenvalue weighted by Crippen LogP contribution is 2.31. The van der Waals surface area contributed by atoms with Crippen LogP contribution in [0.5, 0.6) is 11.5 Å². The molecule has 152 valence electrons. The molecule has 0 amide bonds. The van der Waals surface area contributed by atoms with Crippen molar-refractivity contribution in [1.82, 2.24) is 9.78 Å². The number of nitrogens with one attached hydrogen (secondary N) is 2. The van der Waals surface area contributed by atoms with E-state index in [4.69, 9.17) is 21.7 Å². The third kappa shape index (κ3) is 4.26. The van der Waals surface area contributed by atoms with Crippen LogP contribution >= 0.6 is 23.6 Å². The first-order chi connectivity index (χ1) is 14.1. The number of halogens is 1. The molecular formula is C20H22FN4O2S2+. The lowest BCUT2D eigenvalue weighted by Crippen LogP contribution is -3.11. The highest BCUT2D eigenvalue weighted by molar-refractivity contribution is 7.73. The number of anilines is 2. The lowest BCUT2D eigenvalue weighted by molar-refractivity contribution is -0.938. The number of benzene rings is 2. The van der Waals surface area contributed by atoms with Gasteiger partial charge in [0.05, 0.1) is 26.5 Å². The molecule has 1 aromatic heterocycles. The zero-order valence-corrected chi connectivity index (χ0v) is 17.8. The molecular weight excluding hydrogens is 411 g/mol. The maximum Gasteiger partial charge on any atom is 0.209 e. The molecule has 1 unspecified atom stereocenters. The topological polar surface area (TPSA) is 52.8 Å². The summed E-state index contributed by atoms with van der Waals surface area (Å²) in [5, 5.41) is 8.15. The Bertz CT molecular complexity index is 1080. The van der Waals surface area contributed by atoms with Crippen LogP contribution in [0, 0.1) is 9.77 Å². The number of aromatic nitrogens is 2. The van der Waals surface area contributed by atoms with Crippen LogP contribution in [0.1, 0.15) is 11.1 Å². The summed E-state index contributed by atoms with van der Waals surface area (Å²) in [6, 6.07) is 10.6. The molecule has 0 saturated heterocycles. The fraction of sp³-hybridized carbons (Fsp3) is 0.300. The molecule has 29 heavy (non-hydrogen) atoms. The Hall–Kier alpha value is -2.49. The van der Waals surface area contributed by atoms with Gasteiger partial charge in [0.25, 0.3) is 0 Å². The Morgan fingerprint density at radius 2 is 1.93 bits per heavy atom. The number of methoxy groups -OCH3 is 2. The Balaban J connectivity index is 1.49. The van der Waals surface area contributed by atoms with E-state index in [-0.39, 0.29) is 5.82 Å². The molecule has 2 aromatic carbocycles. The zero-order valence-electron chi connectivity index (χ0n) is 16.2. The molecule has 0 radical (unpaired) electrons. The predicted molar refractivity (Wildman–Crippen MR) is 113 cm³/mol. The second kappa shape index (κ2) is 8.48. The molecule has 3 aromatic rings. The Morgan fingerprint density at radius 1 is 1.21 bits per heavy atom. The first kappa shape index (κ1) is 19.8. The molecule has 1 atom stereocenters. The van der Waals surface area contributed by atoms with Crippen LogP contribution in [0.4, 0.5) is 15.2 Å². The van der Waals surface area contributed by atoms with Gasteiger partial charge in [0.15, 0.2) is 22.1 Å². The minimum Gasteiger partial charge on any atom is -0.493 e. The first-order valence-corrected chi connectivity index (χ1v) is 10.5. The van der Waals surface area contributed by atoms with E-state index < -0.39 is 0 Å². The second-order valence-electron chi connectivity index (χ2n) is 6.84. The summed E-state index contributed by atoms with van der Waals surface area (Å²) >= 11 is 6.82. The van der Waals surface area contributed by atoms with Crippen LogP contribution in [0.25, 0.3) is 0 Å². The standard InChI is InChI=1S/C20H21FN4O2S2/c1-26-17-9-13-7-8-24(11-14(13)10-18(17)27-2)12-25-20(28)29-19(23-25)22-16-6-4-3-5-15(16)21/h3-6,9-10H,7-8,11-12H2,1-2H3,(H,22,23)/p+1. The molecule has 9 heteroatoms. The van der Waals surface area contributed by atoms with Crippen molar-refractivity contribution in [2.75, 3.05) is 26.1 Å². The average Bonchev–Trinajstić information content (AvgIpc) is 3.07. The normalized spacial score (nSPS) is 15.6. The zero-order chi connectivity index (χ0) is 20.4. The Labute approximate surface area is 177 Å². The molecule has 1 aliphatic heterocycles. The van der Waals surface area contributed by atoms with Crippen molar-refractivity contribution in [2.24, 2.45) is 0 Å². The minimum absolute atomic E-state index is 0.317. The minimum atomic E-state index is -0.317. The Morgan fingerprint density at radius 3 is 2.66 bits per heavy atom. The van der Waals surface area contributed by atoms with Crippen LogP contribution in [0.3, 0.4) is 0 Å². The highest BCUT2D eigenvalue weighted by Gasteiger charge is 2.23. The number of hydrogen-bond donors (Lipinski definition) is 2. The van der Waals surface area contributed by atoms with E-state index in [0.29, 0.717) is 21.4 Å². The number of quaternary nitrogens is 1. The van der Waals surface area contributed by atoms with Crippen LogP contribution in [0.2, 0.25) is 0 Å². The van der Waals surface area contributed by atoms with Crippen LogP contribution in [0.15, 0.2) is 36.4 Å². The number of nitrogens with zero attached hydrogens (tertiary/aromatic N) is 2. The van der Waals surface area contributed by atoms with Gasteiger partial charge in [-0.25, -0.2) is 4.39 Å². The lowest BCUT2D eigenvalue weighted by Gasteiger charge is -2.26. The van der Waals surface area contributed by atoms with Crippen molar-refractivity contribution in [3.63, 3.8) is 0 Å². The van der Waals surface area contributed by atoms with Crippen molar-refractivity contribution in [3.05, 3.63) is 57.3 Å². The van der Waals surface area contributed by atoms with E-state index >= 15 is 0 Å². The number of ether oxygens (including phenoxy) is 2. The van der Waals surface area contributed by atoms with E-state index in [1.54, 1.807) is 32.4 Å². The average molecular weight is 434 g/mol. The molecule has 0 bridgehead atoms. The predicted octanol–water partition coefficient (Wildman–Crippen LogP) is 3.17. The van der Waals surface area contributed by atoms with Crippen molar-refractivity contribution in [3.8, 4) is 11.5 Å². The molecule has 2 heterocycles. The van der Waals surface area contributed by atoms with Crippen molar-refractivity contribution in [2.45, 2.75) is 19.6 Å². The summed E-state index contributed by atoms with van der Waals surface area (Å²) in [6.45, 7) is 2.48. The number of hydrogen-bond acceptors (Lipinski definition) is 6. The number of rotatable bonds is 6. The molecule has 6 nitrogen and oxygen atoms in total. The van der Waals surface area contributed by atoms with Crippen molar-refractivity contribution in [1.29, 1.82) is 0 Å². The lowest BCUT2D eigenvalue weighted by atomic mass is 9.99. The summed E-state index contributed by atoms with van der Waals surface area (Å²) in [5.74, 6) is 1.19. The van der Waals surface area contributed by atoms with E-state index in [1.807, 2.05) is 4.68 Å². The molecule has 0 spiro atoms. The van der Waals surface area contributed by atoms with Gasteiger partial charge in [-0.05, 0) is 42.0 Å². The third-order valence-electron chi connectivity index (χ3n) is 4.99. The van der Waals surface area contributed by atoms with Crippen LogP contribution in [-0.2, 0) is 19.6 Å². The monoisotopic (exact) mass is 433 g/mol. The molecule has 0 fully saturated rings. The first-order valence-electron chi connectivity index (χ1n) is 9.24. The molecule has 0 aliphatic carbocycles. The van der Waals surface area contributed by atoms with Gasteiger partial charge in [0.2, 0.25) is 5.13 Å². The van der Waals surface area contributed by atoms with Crippen molar-refractivity contribution < 1.29 is 18.8 Å². The Kier molecular flexibility index (Phi) is 5.79. The largest absolute Gasteiger partial charge is 0.493 e. The molecule has 0 saturated carbocycles. The van der Waals surface area contributed by atoms with Crippen LogP contribution < -0.4 is 19.7 Å². The van der Waals surface area contributed by atoms with Gasteiger partial charge in [-0.3, -0.25) is 0 Å². The smallest absolute Gasteiger partial charge is 0.209 e. The van der Waals surface area contributed by atoms with Gasteiger partial charge < -0.3 is 19.7 Å². The second-order valence-corrected chi connectivity index (χ2v) is 8.46. The molecule has 2 N–H and O–H groups in total. The van der Waals surface area contributed by atoms with E-state index in [9.17, 15) is 4.39 Å². The third-order valence-corrected chi connectivity index (χ3v) is 6.21. The van der Waals surface area contributed by atoms with Gasteiger partial charge in [-0.2, -0.15) is 4.68 Å². The van der Waals surface area contributed by atoms with Gasteiger partial charge in [-0.15, -0.1) is 5.10 Å². The van der Waals surface area contributed by atoms with E-state index in [0.717, 1.165) is 31.0 Å². The summed E-state index contributed by atoms with van der Waals surface area (Å²) in [7, 11) is 3.30. The van der Waals surface area contributed by atoms with Gasteiger partial charge in [0.1, 0.15) is 12.4 Å². The van der Waals surface area contributed by atoms with Crippen LogP contribution in [-0.4, -0.2) is 30.5 Å². The summed E-state index contributed by atoms with van der Waals surface area (Å²) < 4.78 is 27.2. The van der Waals surface area contributed by atoms with Gasteiger partial charge in [0, 0.05) is 12.0 Å². The SMILES string of the molecule is COc1cc2c(cc1OC)C[NH+](Cn1nc(Nc3ccccc3F)sc1=S)CC2. The summed E-state index contributed by atoms with van der Waals surface area (Å²) in [5.41, 5.74) is 2.93. The molecule has 4 rings (SSSR count). The highest BCUT2D eigenvalue weighted by atomic mass is 32.1. The van der Waals surface area contributed by atoms with Gasteiger partial charge >= 0.3 is 0 Å². The van der Waals surface area contributed by atoms with E-state index in [2.05, 4.69) is 22.5 Å².